The largest absolute Gasteiger partial charge is 0.493 e. The Morgan fingerprint density at radius 3 is 2.40 bits per heavy atom. The van der Waals surface area contributed by atoms with Gasteiger partial charge in [0.25, 0.3) is 0 Å². The van der Waals surface area contributed by atoms with Crippen molar-refractivity contribution in [2.75, 3.05) is 24.0 Å². The van der Waals surface area contributed by atoms with Gasteiger partial charge in [0, 0.05) is 30.8 Å². The lowest BCUT2D eigenvalue weighted by Crippen LogP contribution is -2.46. The molecule has 1 aliphatic heterocycles. The Morgan fingerprint density at radius 1 is 1.09 bits per heavy atom. The Kier molecular flexibility index (Phi) is 6.37. The second kappa shape index (κ2) is 9.41. The first kappa shape index (κ1) is 23.7. The van der Waals surface area contributed by atoms with Gasteiger partial charge in [0.15, 0.2) is 23.1 Å². The summed E-state index contributed by atoms with van der Waals surface area (Å²) in [5, 5.41) is 6.23. The number of nitrogens with one attached hydrogen (secondary N) is 2. The van der Waals surface area contributed by atoms with Crippen molar-refractivity contribution >= 4 is 40.8 Å². The molecule has 0 bridgehead atoms. The number of aromatic nitrogens is 2. The van der Waals surface area contributed by atoms with E-state index in [1.807, 2.05) is 31.2 Å². The highest BCUT2D eigenvalue weighted by atomic mass is 19.1. The number of halogens is 2. The molecule has 0 aliphatic carbocycles. The molecule has 35 heavy (non-hydrogen) atoms. The van der Waals surface area contributed by atoms with Crippen LogP contribution < -0.4 is 19.3 Å². The highest BCUT2D eigenvalue weighted by Crippen LogP contribution is 2.44. The van der Waals surface area contributed by atoms with Gasteiger partial charge in [-0.25, -0.2) is 18.6 Å². The molecule has 0 fully saturated rings. The molecule has 2 N–H and O–H groups in total. The van der Waals surface area contributed by atoms with E-state index in [1.165, 1.54) is 19.1 Å². The van der Waals surface area contributed by atoms with Gasteiger partial charge in [0.1, 0.15) is 11.3 Å². The number of benzene rings is 2. The highest BCUT2D eigenvalue weighted by Gasteiger charge is 2.38. The molecular weight excluding hydrogens is 456 g/mol. The van der Waals surface area contributed by atoms with Crippen LogP contribution in [0.25, 0.3) is 11.0 Å². The minimum atomic E-state index is -0.993. The maximum atomic E-state index is 15.3. The Labute approximate surface area is 201 Å². The molecule has 3 heterocycles. The zero-order valence-corrected chi connectivity index (χ0v) is 19.4. The molecule has 5 rings (SSSR count). The maximum Gasteiger partial charge on any atom is 0.334 e. The molecule has 1 aliphatic rings. The number of pyridine rings is 1. The number of aryl methyl sites for hydroxylation is 1. The van der Waals surface area contributed by atoms with Crippen molar-refractivity contribution in [2.24, 2.45) is 0 Å². The van der Waals surface area contributed by atoms with Crippen LogP contribution >= 0.6 is 0 Å². The molecule has 2 aromatic carbocycles. The summed E-state index contributed by atoms with van der Waals surface area (Å²) in [5.41, 5.74) is 2.79. The zero-order valence-electron chi connectivity index (χ0n) is 19.4. The molecule has 0 unspecified atom stereocenters. The Hall–Kier alpha value is -4.47. The monoisotopic (exact) mass is 481 g/mol. The third kappa shape index (κ3) is 3.82. The van der Waals surface area contributed by atoms with Crippen LogP contribution in [0.4, 0.5) is 30.6 Å². The quantitative estimate of drug-likeness (QED) is 0.352. The van der Waals surface area contributed by atoms with Gasteiger partial charge in [-0.3, -0.25) is 9.80 Å². The van der Waals surface area contributed by atoms with Gasteiger partial charge in [-0.15, -0.1) is 0 Å². The van der Waals surface area contributed by atoms with Crippen molar-refractivity contribution in [3.8, 4) is 11.5 Å². The highest BCUT2D eigenvalue weighted by molar-refractivity contribution is 6.15. The number of aromatic amines is 1. The maximum absolute atomic E-state index is 15.3. The number of carbonyl (C=O) groups is 1. The third-order valence-corrected chi connectivity index (χ3v) is 5.69. The van der Waals surface area contributed by atoms with E-state index >= 15 is 8.78 Å². The van der Waals surface area contributed by atoms with Crippen molar-refractivity contribution in [3.63, 3.8) is 0 Å². The van der Waals surface area contributed by atoms with Gasteiger partial charge in [0.05, 0.1) is 32.1 Å². The Morgan fingerprint density at radius 2 is 1.77 bits per heavy atom. The molecule has 0 spiro atoms. The van der Waals surface area contributed by atoms with Gasteiger partial charge in [-0.1, -0.05) is 12.1 Å². The van der Waals surface area contributed by atoms with Crippen LogP contribution in [0.5, 0.6) is 11.5 Å². The van der Waals surface area contributed by atoms with Gasteiger partial charge in [-0.05, 0) is 37.4 Å². The average Bonchev–Trinajstić information content (AvgIpc) is 3.35. The lowest BCUT2D eigenvalue weighted by atomic mass is 10.1. The van der Waals surface area contributed by atoms with E-state index < -0.39 is 23.4 Å². The number of nitrogens with zero attached hydrogens (tertiary/aromatic N) is 3. The van der Waals surface area contributed by atoms with E-state index in [4.69, 9.17) is 14.9 Å². The van der Waals surface area contributed by atoms with E-state index in [0.29, 0.717) is 22.6 Å². The summed E-state index contributed by atoms with van der Waals surface area (Å²) >= 11 is 0. The van der Waals surface area contributed by atoms with Gasteiger partial charge < -0.3 is 19.9 Å². The zero-order chi connectivity index (χ0) is 25.3. The summed E-state index contributed by atoms with van der Waals surface area (Å²) < 4.78 is 40.8. The first-order valence-corrected chi connectivity index (χ1v) is 10.5. The first-order valence-electron chi connectivity index (χ1n) is 10.5. The Bertz CT molecular complexity index is 1400. The molecule has 2 aromatic heterocycles. The molecule has 2 amide bonds. The van der Waals surface area contributed by atoms with Crippen LogP contribution in [0.2, 0.25) is 0 Å². The second-order valence-electron chi connectivity index (χ2n) is 7.67. The standard InChI is InChI=1S/C24H20F2N4O3.CH3N.H2/c1-13-5-4-6-15(9-13)30-21-14(11-28-23-16(21)7-8-27-23)12-29(24(30)31)22-19(25)17(32-2)10-18(33-3)20(22)26;1-2;/h4-11H,12H2,1-3H3,(H,27,28);2H,1H2;1H. The number of ether oxygens (including phenoxy) is 2. The summed E-state index contributed by atoms with van der Waals surface area (Å²) in [4.78, 5) is 23.8. The van der Waals surface area contributed by atoms with Gasteiger partial charge in [-0.2, -0.15) is 0 Å². The summed E-state index contributed by atoms with van der Waals surface area (Å²) in [6.07, 6.45) is 3.33. The third-order valence-electron chi connectivity index (χ3n) is 5.69. The molecule has 8 nitrogen and oxygen atoms in total. The smallest absolute Gasteiger partial charge is 0.334 e. The van der Waals surface area contributed by atoms with Crippen molar-refractivity contribution < 1.29 is 24.5 Å². The summed E-state index contributed by atoms with van der Waals surface area (Å²) in [6, 6.07) is 9.65. The number of rotatable bonds is 4. The van der Waals surface area contributed by atoms with Crippen LogP contribution in [0, 0.1) is 24.0 Å². The molecule has 0 saturated carbocycles. The number of urea groups is 1. The van der Waals surface area contributed by atoms with Crippen LogP contribution in [0.3, 0.4) is 0 Å². The number of hydrogen-bond donors (Lipinski definition) is 2. The minimum absolute atomic E-state index is 0. The molecule has 10 heteroatoms. The lowest BCUT2D eigenvalue weighted by molar-refractivity contribution is 0.251. The van der Waals surface area contributed by atoms with Crippen molar-refractivity contribution in [2.45, 2.75) is 13.5 Å². The number of methoxy groups -OCH3 is 2. The van der Waals surface area contributed by atoms with Gasteiger partial charge in [0.2, 0.25) is 0 Å². The fourth-order valence-corrected chi connectivity index (χ4v) is 4.16. The number of carbonyl (C=O) groups excluding carboxylic acids is 1. The fourth-order valence-electron chi connectivity index (χ4n) is 4.16. The van der Waals surface area contributed by atoms with E-state index in [9.17, 15) is 4.79 Å². The van der Waals surface area contributed by atoms with Crippen molar-refractivity contribution in [3.05, 3.63) is 71.6 Å². The van der Waals surface area contributed by atoms with E-state index in [0.717, 1.165) is 21.9 Å². The van der Waals surface area contributed by atoms with Crippen LogP contribution in [0.15, 0.2) is 48.8 Å². The minimum Gasteiger partial charge on any atom is -0.493 e. The molecule has 182 valence electrons. The number of H-pyrrole nitrogens is 1. The Balaban J connectivity index is 0.00000117. The van der Waals surface area contributed by atoms with Gasteiger partial charge >= 0.3 is 6.03 Å². The molecule has 0 radical (unpaired) electrons. The van der Waals surface area contributed by atoms with Crippen LogP contribution in [-0.2, 0) is 6.54 Å². The van der Waals surface area contributed by atoms with Crippen molar-refractivity contribution in [1.29, 1.82) is 5.41 Å². The normalized spacial score (nSPS) is 12.8. The fraction of sp³-hybridized carbons (Fsp3) is 0.160. The summed E-state index contributed by atoms with van der Waals surface area (Å²) in [7, 11) is 2.52. The summed E-state index contributed by atoms with van der Waals surface area (Å²) in [6.45, 7) is 4.32. The van der Waals surface area contributed by atoms with E-state index in [2.05, 4.69) is 16.7 Å². The average molecular weight is 482 g/mol. The van der Waals surface area contributed by atoms with Crippen LogP contribution in [0.1, 0.15) is 12.6 Å². The summed E-state index contributed by atoms with van der Waals surface area (Å²) in [5.74, 6) is -2.45. The predicted molar refractivity (Wildman–Crippen MR) is 132 cm³/mol. The first-order chi connectivity index (χ1) is 16.9. The molecule has 4 aromatic rings. The second-order valence-corrected chi connectivity index (χ2v) is 7.67. The number of anilines is 3. The SMILES string of the molecule is C=N.COc1cc(OC)c(F)c(N2Cc3cnc4[nH]ccc4c3N(c3cccc(C)c3)C2=O)c1F.[HH]. The molecule has 0 saturated heterocycles. The van der Waals surface area contributed by atoms with E-state index in [-0.39, 0.29) is 19.5 Å². The van der Waals surface area contributed by atoms with Crippen LogP contribution in [-0.4, -0.2) is 36.9 Å². The number of fused-ring (bicyclic) bond motifs is 3. The van der Waals surface area contributed by atoms with E-state index in [1.54, 1.807) is 18.5 Å². The lowest BCUT2D eigenvalue weighted by Gasteiger charge is -2.37. The predicted octanol–water partition coefficient (Wildman–Crippen LogP) is 5.96. The van der Waals surface area contributed by atoms with Crippen molar-refractivity contribution in [1.82, 2.24) is 9.97 Å². The number of hydrogen-bond acceptors (Lipinski definition) is 5. The topological polar surface area (TPSA) is 94.5 Å². The number of amides is 2. The molecule has 0 atom stereocenters. The molecular formula is C25H25F2N5O3.